The third kappa shape index (κ3) is 3.27. The number of aryl methyl sites for hydroxylation is 1. The van der Waals surface area contributed by atoms with Crippen LogP contribution in [0.15, 0.2) is 47.3 Å². The molecule has 0 fully saturated rings. The van der Waals surface area contributed by atoms with Gasteiger partial charge in [0.15, 0.2) is 0 Å². The fourth-order valence-electron chi connectivity index (χ4n) is 2.40. The minimum Gasteiger partial charge on any atom is -0.426 e. The third-order valence-electron chi connectivity index (χ3n) is 3.54. The molecule has 0 saturated carbocycles. The van der Waals surface area contributed by atoms with Crippen LogP contribution in [0.3, 0.4) is 0 Å². The van der Waals surface area contributed by atoms with Crippen molar-refractivity contribution in [2.24, 2.45) is 0 Å². The van der Waals surface area contributed by atoms with Gasteiger partial charge in [-0.3, -0.25) is 4.68 Å². The van der Waals surface area contributed by atoms with Crippen molar-refractivity contribution < 1.29 is 10.0 Å². The molecular formula is C15H16BN3O2S. The van der Waals surface area contributed by atoms with Gasteiger partial charge in [0.1, 0.15) is 5.69 Å². The molecule has 1 atom stereocenters. The Balaban J connectivity index is 1.85. The highest BCUT2D eigenvalue weighted by Crippen LogP contribution is 2.22. The van der Waals surface area contributed by atoms with Crippen LogP contribution >= 0.6 is 11.3 Å². The summed E-state index contributed by atoms with van der Waals surface area (Å²) in [5.41, 5.74) is 3.89. The SMILES string of the molecule is Cc1cccc(CC(B(O)O)n2cc(-c3ccsc3)nn2)c1. The Morgan fingerprint density at radius 1 is 1.32 bits per heavy atom. The summed E-state index contributed by atoms with van der Waals surface area (Å²) in [5.74, 6) is -0.568. The van der Waals surface area contributed by atoms with Crippen molar-refractivity contribution in [3.05, 3.63) is 58.4 Å². The summed E-state index contributed by atoms with van der Waals surface area (Å²) < 4.78 is 1.53. The molecule has 7 heteroatoms. The van der Waals surface area contributed by atoms with E-state index in [2.05, 4.69) is 10.3 Å². The maximum absolute atomic E-state index is 9.71. The molecule has 0 radical (unpaired) electrons. The quantitative estimate of drug-likeness (QED) is 0.708. The van der Waals surface area contributed by atoms with Gasteiger partial charge in [0.2, 0.25) is 0 Å². The molecule has 0 saturated heterocycles. The molecule has 3 aromatic rings. The van der Waals surface area contributed by atoms with Crippen molar-refractivity contribution in [3.8, 4) is 11.3 Å². The Morgan fingerprint density at radius 2 is 2.18 bits per heavy atom. The van der Waals surface area contributed by atoms with Crippen molar-refractivity contribution in [2.45, 2.75) is 19.3 Å². The first-order chi connectivity index (χ1) is 10.6. The standard InChI is InChI=1S/C15H16BN3O2S/c1-11-3-2-4-12(7-11)8-15(16(20)21)19-9-14(17-18-19)13-5-6-22-10-13/h2-7,9-10,15,20-21H,8H2,1H3. The summed E-state index contributed by atoms with van der Waals surface area (Å²) in [5, 5.41) is 31.5. The highest BCUT2D eigenvalue weighted by molar-refractivity contribution is 7.08. The molecule has 1 unspecified atom stereocenters. The summed E-state index contributed by atoms with van der Waals surface area (Å²) in [6, 6.07) is 9.94. The molecule has 0 aliphatic heterocycles. The lowest BCUT2D eigenvalue weighted by atomic mass is 9.76. The molecule has 0 aliphatic carbocycles. The Hall–Kier alpha value is -1.96. The van der Waals surface area contributed by atoms with E-state index < -0.39 is 13.1 Å². The van der Waals surface area contributed by atoms with Gasteiger partial charge in [0.25, 0.3) is 0 Å². The highest BCUT2D eigenvalue weighted by atomic mass is 32.1. The second-order valence-electron chi connectivity index (χ2n) is 5.27. The maximum Gasteiger partial charge on any atom is 0.478 e. The van der Waals surface area contributed by atoms with Gasteiger partial charge < -0.3 is 10.0 Å². The van der Waals surface area contributed by atoms with Crippen molar-refractivity contribution in [1.82, 2.24) is 15.0 Å². The van der Waals surface area contributed by atoms with E-state index in [-0.39, 0.29) is 0 Å². The zero-order valence-corrected chi connectivity index (χ0v) is 12.9. The summed E-state index contributed by atoms with van der Waals surface area (Å²) >= 11 is 1.59. The number of aromatic nitrogens is 3. The van der Waals surface area contributed by atoms with Gasteiger partial charge in [-0.15, -0.1) is 5.10 Å². The van der Waals surface area contributed by atoms with Gasteiger partial charge in [-0.2, -0.15) is 11.3 Å². The van der Waals surface area contributed by atoms with Crippen molar-refractivity contribution in [1.29, 1.82) is 0 Å². The van der Waals surface area contributed by atoms with E-state index in [1.165, 1.54) is 4.68 Å². The van der Waals surface area contributed by atoms with Gasteiger partial charge in [-0.05, 0) is 30.4 Å². The van der Waals surface area contributed by atoms with Crippen LogP contribution in [0.1, 0.15) is 17.1 Å². The van der Waals surface area contributed by atoms with E-state index in [1.54, 1.807) is 17.5 Å². The lowest BCUT2D eigenvalue weighted by Crippen LogP contribution is -2.31. The first-order valence-electron chi connectivity index (χ1n) is 6.99. The molecule has 0 aliphatic rings. The predicted molar refractivity (Wildman–Crippen MR) is 87.4 cm³/mol. The van der Waals surface area contributed by atoms with Gasteiger partial charge in [0.05, 0.1) is 12.1 Å². The molecule has 2 aromatic heterocycles. The Morgan fingerprint density at radius 3 is 2.86 bits per heavy atom. The number of benzene rings is 1. The predicted octanol–water partition coefficient (Wildman–Crippen LogP) is 2.11. The summed E-state index contributed by atoms with van der Waals surface area (Å²) in [7, 11) is -1.50. The first-order valence-corrected chi connectivity index (χ1v) is 7.94. The van der Waals surface area contributed by atoms with Gasteiger partial charge in [-0.1, -0.05) is 35.0 Å². The van der Waals surface area contributed by atoms with Crippen LogP contribution in [0, 0.1) is 6.92 Å². The molecule has 5 nitrogen and oxygen atoms in total. The molecule has 0 amide bonds. The van der Waals surface area contributed by atoms with E-state index in [0.29, 0.717) is 6.42 Å². The fourth-order valence-corrected chi connectivity index (χ4v) is 3.05. The second kappa shape index (κ2) is 6.43. The van der Waals surface area contributed by atoms with Gasteiger partial charge >= 0.3 is 7.12 Å². The molecule has 3 rings (SSSR count). The number of nitrogens with zero attached hydrogens (tertiary/aromatic N) is 3. The van der Waals surface area contributed by atoms with E-state index in [9.17, 15) is 10.0 Å². The number of rotatable bonds is 5. The van der Waals surface area contributed by atoms with E-state index in [1.807, 2.05) is 48.0 Å². The van der Waals surface area contributed by atoms with Crippen LogP contribution in [0.4, 0.5) is 0 Å². The summed E-state index contributed by atoms with van der Waals surface area (Å²) in [6.45, 7) is 2.01. The highest BCUT2D eigenvalue weighted by Gasteiger charge is 2.27. The lowest BCUT2D eigenvalue weighted by Gasteiger charge is -2.16. The molecule has 2 heterocycles. The minimum atomic E-state index is -1.50. The molecule has 0 bridgehead atoms. The van der Waals surface area contributed by atoms with Crippen LogP contribution in [0.25, 0.3) is 11.3 Å². The van der Waals surface area contributed by atoms with Gasteiger partial charge in [-0.25, -0.2) is 0 Å². The molecule has 0 spiro atoms. The van der Waals surface area contributed by atoms with Crippen LogP contribution in [0.5, 0.6) is 0 Å². The Labute approximate surface area is 133 Å². The number of hydrogen-bond donors (Lipinski definition) is 2. The fraction of sp³-hybridized carbons (Fsp3) is 0.200. The molecule has 2 N–H and O–H groups in total. The lowest BCUT2D eigenvalue weighted by molar-refractivity contribution is 0.348. The van der Waals surface area contributed by atoms with Crippen molar-refractivity contribution in [2.75, 3.05) is 0 Å². The van der Waals surface area contributed by atoms with E-state index in [4.69, 9.17) is 0 Å². The van der Waals surface area contributed by atoms with Crippen LogP contribution in [-0.4, -0.2) is 32.2 Å². The minimum absolute atomic E-state index is 0.478. The average molecular weight is 313 g/mol. The zero-order chi connectivity index (χ0) is 15.5. The number of thiophene rings is 1. The van der Waals surface area contributed by atoms with Gasteiger partial charge in [0, 0.05) is 10.9 Å². The van der Waals surface area contributed by atoms with Crippen LogP contribution in [-0.2, 0) is 6.42 Å². The average Bonchev–Trinajstić information content (AvgIpc) is 3.15. The van der Waals surface area contributed by atoms with Crippen molar-refractivity contribution in [3.63, 3.8) is 0 Å². The largest absolute Gasteiger partial charge is 0.478 e. The van der Waals surface area contributed by atoms with E-state index >= 15 is 0 Å². The van der Waals surface area contributed by atoms with Crippen LogP contribution < -0.4 is 0 Å². The topological polar surface area (TPSA) is 71.2 Å². The summed E-state index contributed by atoms with van der Waals surface area (Å²) in [6.07, 6.45) is 2.23. The monoisotopic (exact) mass is 313 g/mol. The zero-order valence-electron chi connectivity index (χ0n) is 12.1. The van der Waals surface area contributed by atoms with Crippen molar-refractivity contribution >= 4 is 18.5 Å². The third-order valence-corrected chi connectivity index (χ3v) is 4.22. The van der Waals surface area contributed by atoms with Crippen LogP contribution in [0.2, 0.25) is 0 Å². The normalized spacial score (nSPS) is 12.3. The Bertz CT molecular complexity index is 743. The molecule has 112 valence electrons. The first kappa shape index (κ1) is 15.0. The second-order valence-corrected chi connectivity index (χ2v) is 6.05. The maximum atomic E-state index is 9.71. The molecule has 1 aromatic carbocycles. The molecule has 22 heavy (non-hydrogen) atoms. The smallest absolute Gasteiger partial charge is 0.426 e. The Kier molecular flexibility index (Phi) is 4.38. The number of hydrogen-bond acceptors (Lipinski definition) is 5. The molecular weight excluding hydrogens is 297 g/mol. The van der Waals surface area contributed by atoms with E-state index in [0.717, 1.165) is 22.4 Å². The summed E-state index contributed by atoms with van der Waals surface area (Å²) in [4.78, 5) is 0.